The fourth-order valence-electron chi connectivity index (χ4n) is 5.98. The summed E-state index contributed by atoms with van der Waals surface area (Å²) >= 11 is 0. The van der Waals surface area contributed by atoms with Crippen molar-refractivity contribution in [1.29, 1.82) is 0 Å². The SMILES string of the molecule is CCC[C@@H]1C[C@H](N(C)C(C)C)CC[C@@H]1N1CCC(NC(=O)c2cccc(-c3ccccc3)c2)C1=O. The van der Waals surface area contributed by atoms with Gasteiger partial charge < -0.3 is 15.1 Å². The van der Waals surface area contributed by atoms with Crippen LogP contribution in [0.5, 0.6) is 0 Å². The molecule has 0 radical (unpaired) electrons. The lowest BCUT2D eigenvalue weighted by atomic mass is 9.77. The second-order valence-corrected chi connectivity index (χ2v) is 10.6. The van der Waals surface area contributed by atoms with Gasteiger partial charge in [-0.25, -0.2) is 0 Å². The highest BCUT2D eigenvalue weighted by Crippen LogP contribution is 2.36. The minimum atomic E-state index is -0.429. The largest absolute Gasteiger partial charge is 0.340 e. The van der Waals surface area contributed by atoms with Gasteiger partial charge in [0.1, 0.15) is 6.04 Å². The molecule has 188 valence electrons. The van der Waals surface area contributed by atoms with Gasteiger partial charge in [0.2, 0.25) is 5.91 Å². The molecule has 1 heterocycles. The maximum Gasteiger partial charge on any atom is 0.251 e. The first kappa shape index (κ1) is 25.4. The van der Waals surface area contributed by atoms with Crippen molar-refractivity contribution in [3.8, 4) is 11.1 Å². The molecule has 4 rings (SSSR count). The Bertz CT molecular complexity index is 1010. The highest BCUT2D eigenvalue weighted by Gasteiger charge is 2.42. The van der Waals surface area contributed by atoms with E-state index >= 15 is 0 Å². The van der Waals surface area contributed by atoms with E-state index in [1.165, 1.54) is 0 Å². The number of carbonyl (C=O) groups is 2. The van der Waals surface area contributed by atoms with Crippen molar-refractivity contribution in [1.82, 2.24) is 15.1 Å². The molecule has 2 amide bonds. The van der Waals surface area contributed by atoms with Crippen molar-refractivity contribution in [2.24, 2.45) is 5.92 Å². The molecule has 1 aliphatic carbocycles. The molecule has 35 heavy (non-hydrogen) atoms. The molecule has 1 aliphatic heterocycles. The monoisotopic (exact) mass is 475 g/mol. The van der Waals surface area contributed by atoms with Crippen LogP contribution in [0.15, 0.2) is 54.6 Å². The van der Waals surface area contributed by atoms with Crippen LogP contribution in [0.4, 0.5) is 0 Å². The summed E-state index contributed by atoms with van der Waals surface area (Å²) in [5, 5.41) is 3.04. The smallest absolute Gasteiger partial charge is 0.251 e. The maximum atomic E-state index is 13.4. The Morgan fingerprint density at radius 2 is 1.80 bits per heavy atom. The zero-order valence-corrected chi connectivity index (χ0v) is 21.7. The quantitative estimate of drug-likeness (QED) is 0.559. The number of hydrogen-bond donors (Lipinski definition) is 1. The van der Waals surface area contributed by atoms with Crippen LogP contribution in [0, 0.1) is 5.92 Å². The van der Waals surface area contributed by atoms with Crippen molar-refractivity contribution in [2.75, 3.05) is 13.6 Å². The molecule has 1 N–H and O–H groups in total. The Morgan fingerprint density at radius 3 is 2.51 bits per heavy atom. The van der Waals surface area contributed by atoms with E-state index in [-0.39, 0.29) is 11.8 Å². The molecule has 5 nitrogen and oxygen atoms in total. The first-order valence-electron chi connectivity index (χ1n) is 13.4. The summed E-state index contributed by atoms with van der Waals surface area (Å²) < 4.78 is 0. The molecule has 0 aromatic heterocycles. The van der Waals surface area contributed by atoms with E-state index in [0.717, 1.165) is 49.8 Å². The summed E-state index contributed by atoms with van der Waals surface area (Å²) in [7, 11) is 2.23. The molecule has 4 atom stereocenters. The van der Waals surface area contributed by atoms with Crippen LogP contribution >= 0.6 is 0 Å². The molecule has 2 aromatic carbocycles. The third-order valence-electron chi connectivity index (χ3n) is 8.14. The number of amides is 2. The summed E-state index contributed by atoms with van der Waals surface area (Å²) in [6, 6.07) is 18.7. The average molecular weight is 476 g/mol. The molecule has 2 aliphatic rings. The van der Waals surface area contributed by atoms with Crippen LogP contribution in [-0.4, -0.2) is 59.4 Å². The molecule has 1 unspecified atom stereocenters. The normalized spacial score (nSPS) is 24.9. The van der Waals surface area contributed by atoms with Gasteiger partial charge in [0.15, 0.2) is 0 Å². The minimum Gasteiger partial charge on any atom is -0.340 e. The fourth-order valence-corrected chi connectivity index (χ4v) is 5.98. The maximum absolute atomic E-state index is 13.4. The Kier molecular flexibility index (Phi) is 8.27. The summed E-state index contributed by atoms with van der Waals surface area (Å²) in [6.45, 7) is 7.50. The number of nitrogens with one attached hydrogen (secondary N) is 1. The van der Waals surface area contributed by atoms with E-state index in [1.807, 2.05) is 54.6 Å². The van der Waals surface area contributed by atoms with Crippen LogP contribution in [0.3, 0.4) is 0 Å². The topological polar surface area (TPSA) is 52.6 Å². The Morgan fingerprint density at radius 1 is 1.06 bits per heavy atom. The predicted octanol–water partition coefficient (Wildman–Crippen LogP) is 5.36. The highest BCUT2D eigenvalue weighted by molar-refractivity contribution is 5.99. The van der Waals surface area contributed by atoms with E-state index in [2.05, 4.69) is 42.9 Å². The van der Waals surface area contributed by atoms with Crippen molar-refractivity contribution < 1.29 is 9.59 Å². The zero-order chi connectivity index (χ0) is 24.9. The number of nitrogens with zero attached hydrogens (tertiary/aromatic N) is 2. The molecular weight excluding hydrogens is 434 g/mol. The minimum absolute atomic E-state index is 0.0966. The second kappa shape index (κ2) is 11.4. The zero-order valence-electron chi connectivity index (χ0n) is 21.7. The van der Waals surface area contributed by atoms with Crippen molar-refractivity contribution in [3.05, 3.63) is 60.2 Å². The Hall–Kier alpha value is -2.66. The molecule has 2 aromatic rings. The van der Waals surface area contributed by atoms with Gasteiger partial charge in [0, 0.05) is 30.2 Å². The lowest BCUT2D eigenvalue weighted by Gasteiger charge is -2.44. The molecule has 0 bridgehead atoms. The molecule has 1 saturated heterocycles. The van der Waals surface area contributed by atoms with Crippen LogP contribution in [0.25, 0.3) is 11.1 Å². The standard InChI is InChI=1S/C30H41N3O2/c1-5-10-24-20-26(32(4)21(2)3)15-16-28(24)33-18-17-27(30(33)35)31-29(34)25-14-9-13-23(19-25)22-11-7-6-8-12-22/h6-9,11-14,19,21,24,26-28H,5,10,15-18,20H2,1-4H3,(H,31,34)/t24-,26-,27?,28+/m1/s1. The highest BCUT2D eigenvalue weighted by atomic mass is 16.2. The predicted molar refractivity (Wildman–Crippen MR) is 142 cm³/mol. The summed E-state index contributed by atoms with van der Waals surface area (Å²) in [5.74, 6) is 0.454. The van der Waals surface area contributed by atoms with Crippen molar-refractivity contribution >= 4 is 11.8 Å². The van der Waals surface area contributed by atoms with Gasteiger partial charge >= 0.3 is 0 Å². The van der Waals surface area contributed by atoms with Gasteiger partial charge in [-0.2, -0.15) is 0 Å². The molecule has 1 saturated carbocycles. The molecular formula is C30H41N3O2. The van der Waals surface area contributed by atoms with E-state index in [0.29, 0.717) is 36.0 Å². The molecule has 5 heteroatoms. The number of carbonyl (C=O) groups excluding carboxylic acids is 2. The Labute approximate surface area is 210 Å². The van der Waals surface area contributed by atoms with Crippen LogP contribution in [0.2, 0.25) is 0 Å². The third-order valence-corrected chi connectivity index (χ3v) is 8.14. The summed E-state index contributed by atoms with van der Waals surface area (Å²) in [5.41, 5.74) is 2.67. The van der Waals surface area contributed by atoms with E-state index < -0.39 is 6.04 Å². The number of hydrogen-bond acceptors (Lipinski definition) is 3. The molecule has 0 spiro atoms. The van der Waals surface area contributed by atoms with Gasteiger partial charge in [-0.3, -0.25) is 9.59 Å². The van der Waals surface area contributed by atoms with Gasteiger partial charge in [-0.05, 0) is 82.2 Å². The van der Waals surface area contributed by atoms with Gasteiger partial charge in [0.05, 0.1) is 0 Å². The van der Waals surface area contributed by atoms with E-state index in [1.54, 1.807) is 0 Å². The second-order valence-electron chi connectivity index (χ2n) is 10.6. The summed E-state index contributed by atoms with van der Waals surface area (Å²) in [4.78, 5) is 31.1. The molecule has 2 fully saturated rings. The van der Waals surface area contributed by atoms with Crippen molar-refractivity contribution in [2.45, 2.75) is 83.5 Å². The number of benzene rings is 2. The number of rotatable bonds is 8. The van der Waals surface area contributed by atoms with Gasteiger partial charge in [-0.1, -0.05) is 55.8 Å². The fraction of sp³-hybridized carbons (Fsp3) is 0.533. The lowest BCUT2D eigenvalue weighted by Crippen LogP contribution is -2.51. The van der Waals surface area contributed by atoms with Crippen molar-refractivity contribution in [3.63, 3.8) is 0 Å². The Balaban J connectivity index is 1.41. The van der Waals surface area contributed by atoms with Gasteiger partial charge in [0.25, 0.3) is 5.91 Å². The average Bonchev–Trinajstić information content (AvgIpc) is 3.23. The lowest BCUT2D eigenvalue weighted by molar-refractivity contribution is -0.133. The van der Waals surface area contributed by atoms with Crippen LogP contribution in [0.1, 0.15) is 69.7 Å². The number of likely N-dealkylation sites (tertiary alicyclic amines) is 1. The van der Waals surface area contributed by atoms with Crippen LogP contribution in [-0.2, 0) is 4.79 Å². The van der Waals surface area contributed by atoms with Gasteiger partial charge in [-0.15, -0.1) is 0 Å². The van der Waals surface area contributed by atoms with E-state index in [9.17, 15) is 9.59 Å². The third kappa shape index (κ3) is 5.78. The first-order chi connectivity index (χ1) is 16.9. The summed E-state index contributed by atoms with van der Waals surface area (Å²) in [6.07, 6.45) is 6.32. The van der Waals surface area contributed by atoms with Crippen LogP contribution < -0.4 is 5.32 Å². The van der Waals surface area contributed by atoms with E-state index in [4.69, 9.17) is 0 Å². The first-order valence-corrected chi connectivity index (χ1v) is 13.4.